The maximum atomic E-state index is 12.2. The summed E-state index contributed by atoms with van der Waals surface area (Å²) in [5, 5.41) is 0.538. The van der Waals surface area contributed by atoms with Crippen molar-refractivity contribution in [3.63, 3.8) is 0 Å². The molecule has 2 rings (SSSR count). The molecule has 0 saturated carbocycles. The van der Waals surface area contributed by atoms with Crippen molar-refractivity contribution >= 4 is 17.4 Å². The summed E-state index contributed by atoms with van der Waals surface area (Å²) >= 11 is 6.04. The van der Waals surface area contributed by atoms with Crippen molar-refractivity contribution in [3.05, 3.63) is 34.9 Å². The van der Waals surface area contributed by atoms with Gasteiger partial charge in [0, 0.05) is 5.56 Å². The summed E-state index contributed by atoms with van der Waals surface area (Å²) in [5.74, 6) is 0.108. The van der Waals surface area contributed by atoms with E-state index in [1.807, 2.05) is 12.1 Å². The molecular formula is C14H19ClNO2+. The smallest absolute Gasteiger partial charge is 0.218 e. The second-order valence-electron chi connectivity index (χ2n) is 5.00. The Labute approximate surface area is 113 Å². The molecule has 0 spiro atoms. The van der Waals surface area contributed by atoms with Gasteiger partial charge in [0.15, 0.2) is 0 Å². The molecule has 0 amide bonds. The summed E-state index contributed by atoms with van der Waals surface area (Å²) in [6.07, 6.45) is 0.422. The molecule has 4 heteroatoms. The minimum Gasteiger partial charge on any atom is -0.364 e. The highest BCUT2D eigenvalue weighted by molar-refractivity contribution is 6.34. The molecule has 1 aliphatic rings. The number of hydrogen-bond donors (Lipinski definition) is 1. The summed E-state index contributed by atoms with van der Waals surface area (Å²) in [7, 11) is 0. The molecule has 0 aromatic heterocycles. The lowest BCUT2D eigenvalue weighted by Gasteiger charge is -2.32. The van der Waals surface area contributed by atoms with Crippen LogP contribution in [-0.4, -0.2) is 37.6 Å². The van der Waals surface area contributed by atoms with Crippen molar-refractivity contribution in [2.24, 2.45) is 0 Å². The second kappa shape index (κ2) is 5.83. The standard InChI is InChI=1S/C14H18ClNO2/c1-10-7-16(8-11(2)18-10)9-14(17)12-5-3-4-6-13(12)15/h3-6,10-11H,7-9H2,1-2H3/p+1/t10-,11-/m0/s1. The lowest BCUT2D eigenvalue weighted by atomic mass is 10.1. The highest BCUT2D eigenvalue weighted by Gasteiger charge is 2.27. The second-order valence-corrected chi connectivity index (χ2v) is 5.40. The van der Waals surface area contributed by atoms with Crippen molar-refractivity contribution in [1.82, 2.24) is 0 Å². The van der Waals surface area contributed by atoms with Gasteiger partial charge in [-0.25, -0.2) is 0 Å². The Morgan fingerprint density at radius 1 is 1.33 bits per heavy atom. The molecule has 18 heavy (non-hydrogen) atoms. The molecule has 0 aliphatic carbocycles. The minimum absolute atomic E-state index is 0.108. The van der Waals surface area contributed by atoms with Gasteiger partial charge in [-0.3, -0.25) is 4.79 Å². The third-order valence-electron chi connectivity index (χ3n) is 3.20. The first-order chi connectivity index (χ1) is 8.56. The van der Waals surface area contributed by atoms with Gasteiger partial charge >= 0.3 is 0 Å². The average Bonchev–Trinajstić information content (AvgIpc) is 2.27. The van der Waals surface area contributed by atoms with E-state index in [1.54, 1.807) is 12.1 Å². The summed E-state index contributed by atoms with van der Waals surface area (Å²) in [5.41, 5.74) is 0.624. The van der Waals surface area contributed by atoms with Crippen LogP contribution in [0.5, 0.6) is 0 Å². The number of nitrogens with one attached hydrogen (secondary N) is 1. The van der Waals surface area contributed by atoms with E-state index in [0.29, 0.717) is 17.1 Å². The van der Waals surface area contributed by atoms with Gasteiger partial charge < -0.3 is 9.64 Å². The van der Waals surface area contributed by atoms with Crippen LogP contribution in [0.15, 0.2) is 24.3 Å². The van der Waals surface area contributed by atoms with Crippen molar-refractivity contribution in [2.45, 2.75) is 26.1 Å². The molecule has 2 atom stereocenters. The van der Waals surface area contributed by atoms with E-state index in [4.69, 9.17) is 16.3 Å². The maximum Gasteiger partial charge on any atom is 0.218 e. The zero-order chi connectivity index (χ0) is 13.1. The largest absolute Gasteiger partial charge is 0.364 e. The maximum absolute atomic E-state index is 12.2. The number of morpholine rings is 1. The molecule has 0 radical (unpaired) electrons. The van der Waals surface area contributed by atoms with E-state index in [9.17, 15) is 4.79 Å². The van der Waals surface area contributed by atoms with Gasteiger partial charge in [0.2, 0.25) is 5.78 Å². The first-order valence-corrected chi connectivity index (χ1v) is 6.71. The van der Waals surface area contributed by atoms with Crippen LogP contribution in [0.3, 0.4) is 0 Å². The Kier molecular flexibility index (Phi) is 4.38. The van der Waals surface area contributed by atoms with Gasteiger partial charge in [-0.2, -0.15) is 0 Å². The fourth-order valence-electron chi connectivity index (χ4n) is 2.54. The predicted octanol–water partition coefficient (Wildman–Crippen LogP) is 1.21. The number of Topliss-reactive ketones (excluding diaryl/α,β-unsaturated/α-hetero) is 1. The molecule has 1 N–H and O–H groups in total. The quantitative estimate of drug-likeness (QED) is 0.836. The Balaban J connectivity index is 2.01. The normalized spacial score (nSPS) is 28.1. The monoisotopic (exact) mass is 268 g/mol. The van der Waals surface area contributed by atoms with Crippen LogP contribution < -0.4 is 4.90 Å². The average molecular weight is 269 g/mol. The number of ketones is 1. The number of quaternary nitrogens is 1. The number of carbonyl (C=O) groups is 1. The van der Waals surface area contributed by atoms with Gasteiger partial charge in [-0.05, 0) is 26.0 Å². The van der Waals surface area contributed by atoms with Crippen LogP contribution in [-0.2, 0) is 4.74 Å². The molecule has 1 fully saturated rings. The number of carbonyl (C=O) groups excluding carboxylic acids is 1. The predicted molar refractivity (Wildman–Crippen MR) is 71.4 cm³/mol. The van der Waals surface area contributed by atoms with Crippen molar-refractivity contribution in [3.8, 4) is 0 Å². The molecule has 1 aromatic rings. The zero-order valence-corrected chi connectivity index (χ0v) is 11.5. The first-order valence-electron chi connectivity index (χ1n) is 6.33. The minimum atomic E-state index is 0.108. The molecule has 1 heterocycles. The van der Waals surface area contributed by atoms with Crippen LogP contribution in [0.4, 0.5) is 0 Å². The molecule has 3 nitrogen and oxygen atoms in total. The van der Waals surface area contributed by atoms with Crippen LogP contribution in [0.25, 0.3) is 0 Å². The number of ether oxygens (including phenoxy) is 1. The van der Waals surface area contributed by atoms with E-state index in [0.717, 1.165) is 13.1 Å². The van der Waals surface area contributed by atoms with Gasteiger partial charge in [-0.1, -0.05) is 23.7 Å². The number of halogens is 1. The van der Waals surface area contributed by atoms with Gasteiger partial charge in [0.25, 0.3) is 0 Å². The van der Waals surface area contributed by atoms with Crippen molar-refractivity contribution < 1.29 is 14.4 Å². The number of rotatable bonds is 3. The summed E-state index contributed by atoms with van der Waals surface area (Å²) in [4.78, 5) is 13.5. The molecule has 1 saturated heterocycles. The highest BCUT2D eigenvalue weighted by Crippen LogP contribution is 2.14. The van der Waals surface area contributed by atoms with Crippen LogP contribution in [0.2, 0.25) is 5.02 Å². The van der Waals surface area contributed by atoms with E-state index in [2.05, 4.69) is 13.8 Å². The topological polar surface area (TPSA) is 30.7 Å². The van der Waals surface area contributed by atoms with Crippen LogP contribution in [0.1, 0.15) is 24.2 Å². The Hall–Kier alpha value is -0.900. The number of hydrogen-bond acceptors (Lipinski definition) is 2. The summed E-state index contributed by atoms with van der Waals surface area (Å²) in [6.45, 7) is 6.34. The lowest BCUT2D eigenvalue weighted by Crippen LogP contribution is -3.16. The fraction of sp³-hybridized carbons (Fsp3) is 0.500. The van der Waals surface area contributed by atoms with Crippen LogP contribution in [0, 0.1) is 0 Å². The summed E-state index contributed by atoms with van der Waals surface area (Å²) < 4.78 is 5.67. The first kappa shape index (κ1) is 13.5. The van der Waals surface area contributed by atoms with Gasteiger partial charge in [0.1, 0.15) is 31.8 Å². The molecule has 0 unspecified atom stereocenters. The highest BCUT2D eigenvalue weighted by atomic mass is 35.5. The van der Waals surface area contributed by atoms with Gasteiger partial charge in [-0.15, -0.1) is 0 Å². The Morgan fingerprint density at radius 2 is 1.94 bits per heavy atom. The third kappa shape index (κ3) is 3.31. The molecule has 0 bridgehead atoms. The Bertz CT molecular complexity index is 426. The van der Waals surface area contributed by atoms with Crippen LogP contribution >= 0.6 is 11.6 Å². The van der Waals surface area contributed by atoms with Crippen molar-refractivity contribution in [1.29, 1.82) is 0 Å². The van der Waals surface area contributed by atoms with E-state index in [-0.39, 0.29) is 18.0 Å². The fourth-order valence-corrected chi connectivity index (χ4v) is 2.78. The van der Waals surface area contributed by atoms with Gasteiger partial charge in [0.05, 0.1) is 5.02 Å². The van der Waals surface area contributed by atoms with E-state index >= 15 is 0 Å². The molecule has 1 aliphatic heterocycles. The Morgan fingerprint density at radius 3 is 2.56 bits per heavy atom. The molecule has 98 valence electrons. The van der Waals surface area contributed by atoms with E-state index in [1.165, 1.54) is 4.90 Å². The summed E-state index contributed by atoms with van der Waals surface area (Å²) in [6, 6.07) is 7.23. The lowest BCUT2D eigenvalue weighted by molar-refractivity contribution is -0.906. The van der Waals surface area contributed by atoms with E-state index < -0.39 is 0 Å². The van der Waals surface area contributed by atoms with Crippen molar-refractivity contribution in [2.75, 3.05) is 19.6 Å². The molecule has 1 aromatic carbocycles. The molecular weight excluding hydrogens is 250 g/mol. The SMILES string of the molecule is C[C@H]1C[NH+](CC(=O)c2ccccc2Cl)C[C@H](C)O1. The number of benzene rings is 1. The third-order valence-corrected chi connectivity index (χ3v) is 3.53. The zero-order valence-electron chi connectivity index (χ0n) is 10.8.